The third-order valence-electron chi connectivity index (χ3n) is 8.11. The first-order chi connectivity index (χ1) is 20.1. The molecular formula is C27H40N6O7S2. The van der Waals surface area contributed by atoms with Crippen molar-refractivity contribution in [3.05, 3.63) is 42.6 Å². The van der Waals surface area contributed by atoms with Crippen LogP contribution in [-0.4, -0.2) is 115 Å². The smallest absolute Gasteiger partial charge is 0.244 e. The van der Waals surface area contributed by atoms with E-state index in [-0.39, 0.29) is 29.0 Å². The molecule has 3 fully saturated rings. The zero-order valence-corrected chi connectivity index (χ0v) is 25.4. The Morgan fingerprint density at radius 1 is 1.12 bits per heavy atom. The van der Waals surface area contributed by atoms with Crippen molar-refractivity contribution < 1.29 is 31.4 Å². The molecular weight excluding hydrogens is 584 g/mol. The Balaban J connectivity index is 1.06. The van der Waals surface area contributed by atoms with Crippen LogP contribution < -0.4 is 25.0 Å². The molecule has 3 aliphatic rings. The van der Waals surface area contributed by atoms with E-state index < -0.39 is 31.8 Å². The molecule has 0 radical (unpaired) electrons. The number of aromatic nitrogens is 1. The number of piperidine rings is 1. The van der Waals surface area contributed by atoms with E-state index in [9.17, 15) is 21.9 Å². The summed E-state index contributed by atoms with van der Waals surface area (Å²) in [5.41, 5.74) is -0.394. The van der Waals surface area contributed by atoms with Crippen LogP contribution in [0.25, 0.3) is 0 Å². The van der Waals surface area contributed by atoms with E-state index >= 15 is 0 Å². The number of aliphatic hydroxyl groups is 1. The molecule has 2 atom stereocenters. The maximum absolute atomic E-state index is 13.3. The van der Waals surface area contributed by atoms with Crippen LogP contribution in [0.4, 0.5) is 5.82 Å². The highest BCUT2D eigenvalue weighted by Crippen LogP contribution is 2.37. The van der Waals surface area contributed by atoms with Crippen LogP contribution in [0, 0.1) is 0 Å². The first-order valence-corrected chi connectivity index (χ1v) is 17.2. The number of hydrogen-bond acceptors (Lipinski definition) is 11. The van der Waals surface area contributed by atoms with Crippen molar-refractivity contribution in [1.29, 1.82) is 0 Å². The van der Waals surface area contributed by atoms with Crippen LogP contribution >= 0.6 is 0 Å². The second-order valence-corrected chi connectivity index (χ2v) is 14.8. The molecule has 0 bridgehead atoms. The van der Waals surface area contributed by atoms with Crippen LogP contribution in [0.1, 0.15) is 19.3 Å². The monoisotopic (exact) mass is 624 g/mol. The number of pyridine rings is 1. The number of ether oxygens (including phenoxy) is 2. The Kier molecular flexibility index (Phi) is 9.69. The topological polar surface area (TPSA) is 162 Å². The molecule has 4 N–H and O–H groups in total. The SMILES string of the molecule is CNS(=O)(=O)c1cccc(OCC(O)CNC2COC3(CCN(S(=O)(=O)c4ccc(N5CCNCC5)nc4)CC3)C2)c1. The molecule has 42 heavy (non-hydrogen) atoms. The lowest BCUT2D eigenvalue weighted by Crippen LogP contribution is -2.47. The summed E-state index contributed by atoms with van der Waals surface area (Å²) in [5, 5.41) is 17.0. The van der Waals surface area contributed by atoms with Gasteiger partial charge < -0.3 is 30.1 Å². The van der Waals surface area contributed by atoms with Crippen LogP contribution in [0.2, 0.25) is 0 Å². The zero-order chi connectivity index (χ0) is 29.8. The van der Waals surface area contributed by atoms with Gasteiger partial charge in [-0.3, -0.25) is 0 Å². The maximum atomic E-state index is 13.3. The van der Waals surface area contributed by atoms with Crippen molar-refractivity contribution in [3.8, 4) is 5.75 Å². The van der Waals surface area contributed by atoms with Gasteiger partial charge in [-0.1, -0.05) is 6.07 Å². The minimum Gasteiger partial charge on any atom is -0.491 e. The lowest BCUT2D eigenvalue weighted by atomic mass is 9.88. The molecule has 5 rings (SSSR count). The van der Waals surface area contributed by atoms with E-state index in [1.807, 2.05) is 0 Å². The molecule has 2 unspecified atom stereocenters. The molecule has 2 aromatic rings. The van der Waals surface area contributed by atoms with E-state index in [1.165, 1.54) is 29.7 Å². The largest absolute Gasteiger partial charge is 0.491 e. The number of anilines is 1. The highest BCUT2D eigenvalue weighted by atomic mass is 32.2. The fraction of sp³-hybridized carbons (Fsp3) is 0.593. The third-order valence-corrected chi connectivity index (χ3v) is 11.4. The number of nitrogens with zero attached hydrogens (tertiary/aromatic N) is 3. The Hall–Kier alpha value is -2.37. The van der Waals surface area contributed by atoms with Crippen molar-refractivity contribution in [2.24, 2.45) is 0 Å². The van der Waals surface area contributed by atoms with Gasteiger partial charge in [0.05, 0.1) is 17.1 Å². The van der Waals surface area contributed by atoms with E-state index in [0.717, 1.165) is 38.4 Å². The van der Waals surface area contributed by atoms with Crippen molar-refractivity contribution in [1.82, 2.24) is 24.6 Å². The second kappa shape index (κ2) is 13.1. The van der Waals surface area contributed by atoms with Crippen molar-refractivity contribution in [3.63, 3.8) is 0 Å². The predicted molar refractivity (Wildman–Crippen MR) is 157 cm³/mol. The fourth-order valence-corrected chi connectivity index (χ4v) is 7.77. The standard InChI is InChI=1S/C27H40N6O7S2/c1-28-41(35,36)24-4-2-3-23(15-24)39-20-22(34)17-30-21-16-27(40-19-21)7-11-33(12-8-27)42(37,38)25-5-6-26(31-18-25)32-13-9-29-10-14-32/h2-6,15,18,21-22,28-30,34H,7-14,16-17,19-20H2,1H3. The molecule has 1 aromatic carbocycles. The van der Waals surface area contributed by atoms with Crippen LogP contribution in [0.5, 0.6) is 5.75 Å². The number of hydrogen-bond donors (Lipinski definition) is 4. The average Bonchev–Trinajstić information content (AvgIpc) is 3.41. The van der Waals surface area contributed by atoms with E-state index in [2.05, 4.69) is 25.2 Å². The Morgan fingerprint density at radius 2 is 1.88 bits per heavy atom. The average molecular weight is 625 g/mol. The summed E-state index contributed by atoms with van der Waals surface area (Å²) in [5.74, 6) is 1.14. The molecule has 13 nitrogen and oxygen atoms in total. The number of sulfonamides is 2. The van der Waals surface area contributed by atoms with Crippen LogP contribution in [0.3, 0.4) is 0 Å². The summed E-state index contributed by atoms with van der Waals surface area (Å²) in [7, 11) is -5.90. The van der Waals surface area contributed by atoms with Gasteiger partial charge in [-0.05, 0) is 50.6 Å². The number of piperazine rings is 1. The predicted octanol–water partition coefficient (Wildman–Crippen LogP) is -0.259. The number of rotatable bonds is 11. The lowest BCUT2D eigenvalue weighted by molar-refractivity contribution is -0.0312. The summed E-state index contributed by atoms with van der Waals surface area (Å²) in [6, 6.07) is 9.54. The van der Waals surface area contributed by atoms with E-state index in [4.69, 9.17) is 9.47 Å². The Bertz CT molecular complexity index is 1410. The molecule has 0 amide bonds. The van der Waals surface area contributed by atoms with Gasteiger partial charge in [0.2, 0.25) is 20.0 Å². The number of aliphatic hydroxyl groups excluding tert-OH is 1. The minimum atomic E-state index is -3.65. The van der Waals surface area contributed by atoms with Gasteiger partial charge in [0.15, 0.2) is 0 Å². The van der Waals surface area contributed by atoms with Gasteiger partial charge in [0, 0.05) is 64.1 Å². The van der Waals surface area contributed by atoms with Crippen LogP contribution in [0.15, 0.2) is 52.4 Å². The first-order valence-electron chi connectivity index (χ1n) is 14.2. The summed E-state index contributed by atoms with van der Waals surface area (Å²) < 4.78 is 66.1. The van der Waals surface area contributed by atoms with Crippen molar-refractivity contribution in [2.75, 3.05) is 71.0 Å². The van der Waals surface area contributed by atoms with E-state index in [0.29, 0.717) is 38.3 Å². The maximum Gasteiger partial charge on any atom is 0.244 e. The lowest BCUT2D eigenvalue weighted by Gasteiger charge is -2.38. The fourth-order valence-electron chi connectivity index (χ4n) is 5.62. The summed E-state index contributed by atoms with van der Waals surface area (Å²) >= 11 is 0. The minimum absolute atomic E-state index is 0.00727. The number of nitrogens with one attached hydrogen (secondary N) is 3. The third kappa shape index (κ3) is 7.22. The molecule has 3 saturated heterocycles. The van der Waals surface area contributed by atoms with Gasteiger partial charge in [0.1, 0.15) is 29.2 Å². The van der Waals surface area contributed by atoms with Crippen molar-refractivity contribution in [2.45, 2.75) is 46.8 Å². The molecule has 0 aliphatic carbocycles. The Labute approximate surface area is 247 Å². The normalized spacial score (nSPS) is 22.3. The number of benzene rings is 1. The zero-order valence-electron chi connectivity index (χ0n) is 23.7. The molecule has 232 valence electrons. The quantitative estimate of drug-likeness (QED) is 0.261. The van der Waals surface area contributed by atoms with Gasteiger partial charge in [0.25, 0.3) is 0 Å². The highest BCUT2D eigenvalue weighted by Gasteiger charge is 2.44. The molecule has 4 heterocycles. The molecule has 0 saturated carbocycles. The summed E-state index contributed by atoms with van der Waals surface area (Å²) in [6.45, 7) is 4.93. The Morgan fingerprint density at radius 3 is 2.57 bits per heavy atom. The van der Waals surface area contributed by atoms with Gasteiger partial charge >= 0.3 is 0 Å². The van der Waals surface area contributed by atoms with Gasteiger partial charge in [-0.2, -0.15) is 4.31 Å². The second-order valence-electron chi connectivity index (χ2n) is 10.9. The van der Waals surface area contributed by atoms with Gasteiger partial charge in [-0.25, -0.2) is 26.5 Å². The van der Waals surface area contributed by atoms with E-state index in [1.54, 1.807) is 24.3 Å². The highest BCUT2D eigenvalue weighted by molar-refractivity contribution is 7.89. The molecule has 15 heteroatoms. The van der Waals surface area contributed by atoms with Crippen LogP contribution in [-0.2, 0) is 24.8 Å². The summed E-state index contributed by atoms with van der Waals surface area (Å²) in [4.78, 5) is 6.86. The van der Waals surface area contributed by atoms with Crippen molar-refractivity contribution >= 4 is 25.9 Å². The molecule has 3 aliphatic heterocycles. The summed E-state index contributed by atoms with van der Waals surface area (Å²) in [6.07, 6.45) is 2.55. The first kappa shape index (κ1) is 31.1. The molecule has 1 spiro atoms. The molecule has 1 aromatic heterocycles. The van der Waals surface area contributed by atoms with Gasteiger partial charge in [-0.15, -0.1) is 0 Å².